The molecule has 2 saturated carbocycles. The number of rotatable bonds is 21. The molecule has 2 unspecified atom stereocenters. The minimum atomic E-state index is -0.919. The van der Waals surface area contributed by atoms with E-state index in [2.05, 4.69) is 90.0 Å². The Labute approximate surface area is 640 Å². The molecule has 28 heteroatoms. The summed E-state index contributed by atoms with van der Waals surface area (Å²) in [5.74, 6) is -0.479. The first-order chi connectivity index (χ1) is 52.9. The second-order valence-corrected chi connectivity index (χ2v) is 30.5. The number of methoxy groups -OCH3 is 4. The van der Waals surface area contributed by atoms with Gasteiger partial charge in [0.25, 0.3) is 0 Å². The summed E-state index contributed by atoms with van der Waals surface area (Å²) in [5.41, 5.74) is 16.1. The van der Waals surface area contributed by atoms with E-state index in [1.54, 1.807) is 23.5 Å². The van der Waals surface area contributed by atoms with Gasteiger partial charge in [0.1, 0.15) is 35.4 Å². The number of aromatic nitrogens is 8. The molecular formula is C82H102N16O12. The van der Waals surface area contributed by atoms with Gasteiger partial charge in [-0.2, -0.15) is 0 Å². The maximum absolute atomic E-state index is 15.3. The molecule has 0 bridgehead atoms. The summed E-state index contributed by atoms with van der Waals surface area (Å²) >= 11 is 0. The van der Waals surface area contributed by atoms with Crippen LogP contribution in [0.2, 0.25) is 0 Å². The first kappa shape index (κ1) is 78.3. The van der Waals surface area contributed by atoms with Crippen LogP contribution >= 0.6 is 0 Å². The van der Waals surface area contributed by atoms with Crippen LogP contribution in [0.1, 0.15) is 167 Å². The second kappa shape index (κ2) is 34.5. The molecule has 110 heavy (non-hydrogen) atoms. The van der Waals surface area contributed by atoms with E-state index in [4.69, 9.17) is 38.9 Å². The zero-order valence-corrected chi connectivity index (χ0v) is 64.6. The van der Waals surface area contributed by atoms with Gasteiger partial charge in [-0.3, -0.25) is 19.2 Å². The van der Waals surface area contributed by atoms with Crippen LogP contribution in [0.15, 0.2) is 122 Å². The number of benzene rings is 4. The van der Waals surface area contributed by atoms with Gasteiger partial charge in [-0.25, -0.2) is 60.0 Å². The summed E-state index contributed by atoms with van der Waals surface area (Å²) < 4.78 is 19.7. The first-order valence-corrected chi connectivity index (χ1v) is 38.2. The van der Waals surface area contributed by atoms with E-state index in [9.17, 15) is 28.8 Å². The van der Waals surface area contributed by atoms with Crippen LogP contribution in [0.25, 0.3) is 67.3 Å². The highest BCUT2D eigenvalue weighted by Crippen LogP contribution is 2.49. The van der Waals surface area contributed by atoms with Crippen LogP contribution in [0.3, 0.4) is 0 Å². The molecule has 4 fully saturated rings. The summed E-state index contributed by atoms with van der Waals surface area (Å²) in [6, 6.07) is 29.6. The topological polar surface area (TPSA) is 349 Å². The van der Waals surface area contributed by atoms with Gasteiger partial charge in [0.15, 0.2) is 0 Å². The SMILES string of the molecule is COC(=O)N[C@H](C(=O)N1CCC[C@H]1c1ncc(-c2ccc(-c3ccc(-c4cnc([C@@H]5CCC(C6C[C@@H](c7ncc(-c8ccc(-c9ccc(-c%10cnc([C@H]%11CCCC[C@H]%11C(=O)N(NC(=O)OC)C(C)C)[nH]%10)cc9)cc8)[nH]7)N(C(=O)[C@@H](NC(=O)OC)C(C)C)C6)C[C@@H]5C(=O)N(NC(=O)OC)C(C)C)[nH]4)cc3)cc2)[nH]1)C(C)C. The van der Waals surface area contributed by atoms with Gasteiger partial charge in [-0.05, 0) is 147 Å². The number of imidazole rings is 4. The molecule has 4 aromatic carbocycles. The first-order valence-electron chi connectivity index (χ1n) is 38.2. The van der Waals surface area contributed by atoms with Gasteiger partial charge < -0.3 is 59.3 Å². The van der Waals surface area contributed by atoms with Gasteiger partial charge in [-0.1, -0.05) is 138 Å². The maximum Gasteiger partial charge on any atom is 0.425 e. The Morgan fingerprint density at radius 1 is 0.400 bits per heavy atom. The Kier molecular flexibility index (Phi) is 24.5. The Hall–Kier alpha value is -11.3. The molecule has 4 aliphatic rings. The monoisotopic (exact) mass is 1500 g/mol. The lowest BCUT2D eigenvalue weighted by molar-refractivity contribution is -0.143. The highest BCUT2D eigenvalue weighted by atomic mass is 16.6. The fraction of sp³-hybridized carbons (Fsp3) is 0.463. The van der Waals surface area contributed by atoms with E-state index in [1.165, 1.54) is 38.5 Å². The molecule has 2 saturated heterocycles. The lowest BCUT2D eigenvalue weighted by Gasteiger charge is -2.40. The normalized spacial score (nSPS) is 20.4. The van der Waals surface area contributed by atoms with Crippen molar-refractivity contribution in [1.82, 2.24) is 81.2 Å². The smallest absolute Gasteiger partial charge is 0.425 e. The molecule has 28 nitrogen and oxygen atoms in total. The van der Waals surface area contributed by atoms with Gasteiger partial charge in [0.2, 0.25) is 23.6 Å². The van der Waals surface area contributed by atoms with Crippen molar-refractivity contribution in [2.75, 3.05) is 41.5 Å². The van der Waals surface area contributed by atoms with Crippen LogP contribution in [0, 0.1) is 35.5 Å². The van der Waals surface area contributed by atoms with Crippen molar-refractivity contribution in [1.29, 1.82) is 0 Å². The molecule has 0 spiro atoms. The fourth-order valence-corrected chi connectivity index (χ4v) is 16.3. The summed E-state index contributed by atoms with van der Waals surface area (Å²) in [6.45, 7) is 15.8. The van der Waals surface area contributed by atoms with E-state index < -0.39 is 54.5 Å². The van der Waals surface area contributed by atoms with Crippen LogP contribution in [0.5, 0.6) is 0 Å². The van der Waals surface area contributed by atoms with Crippen LogP contribution in [0.4, 0.5) is 19.2 Å². The van der Waals surface area contributed by atoms with E-state index in [0.29, 0.717) is 62.7 Å². The number of carbonyl (C=O) groups excluding carboxylic acids is 8. The van der Waals surface area contributed by atoms with E-state index in [1.807, 2.05) is 115 Å². The summed E-state index contributed by atoms with van der Waals surface area (Å²) in [4.78, 5) is 145. The zero-order valence-electron chi connectivity index (χ0n) is 64.6. The Morgan fingerprint density at radius 2 is 0.764 bits per heavy atom. The molecule has 6 heterocycles. The van der Waals surface area contributed by atoms with Gasteiger partial charge in [0, 0.05) is 42.9 Å². The van der Waals surface area contributed by atoms with Crippen molar-refractivity contribution in [2.45, 2.75) is 168 Å². The number of amides is 8. The van der Waals surface area contributed by atoms with E-state index in [-0.39, 0.29) is 77.1 Å². The van der Waals surface area contributed by atoms with Crippen LogP contribution in [-0.2, 0) is 38.1 Å². The van der Waals surface area contributed by atoms with Crippen molar-refractivity contribution >= 4 is 48.0 Å². The summed E-state index contributed by atoms with van der Waals surface area (Å²) in [5, 5.41) is 8.22. The highest BCUT2D eigenvalue weighted by Gasteiger charge is 2.49. The predicted molar refractivity (Wildman–Crippen MR) is 412 cm³/mol. The number of likely N-dealkylation sites (tertiary alicyclic amines) is 2. The zero-order chi connectivity index (χ0) is 78.2. The molecule has 0 radical (unpaired) electrons. The number of hydrazine groups is 2. The Balaban J connectivity index is 0.738. The average Bonchev–Trinajstić information content (AvgIpc) is 1.62. The molecule has 582 valence electrons. The molecule has 2 aliphatic carbocycles. The molecule has 8 amide bonds. The summed E-state index contributed by atoms with van der Waals surface area (Å²) in [6.07, 6.45) is 11.4. The quantitative estimate of drug-likeness (QED) is 0.0245. The average molecular weight is 1500 g/mol. The van der Waals surface area contributed by atoms with E-state index >= 15 is 9.59 Å². The number of aromatic amines is 4. The van der Waals surface area contributed by atoms with Crippen molar-refractivity contribution in [3.05, 3.63) is 145 Å². The Bertz CT molecular complexity index is 4550. The molecule has 12 rings (SSSR count). The Morgan fingerprint density at radius 3 is 1.17 bits per heavy atom. The molecule has 4 aromatic heterocycles. The van der Waals surface area contributed by atoms with Crippen molar-refractivity contribution < 1.29 is 57.3 Å². The van der Waals surface area contributed by atoms with Crippen molar-refractivity contribution in [3.63, 3.8) is 0 Å². The number of nitrogens with one attached hydrogen (secondary N) is 8. The maximum atomic E-state index is 15.3. The minimum absolute atomic E-state index is 0.0753. The highest BCUT2D eigenvalue weighted by molar-refractivity contribution is 5.88. The summed E-state index contributed by atoms with van der Waals surface area (Å²) in [7, 11) is 5.07. The minimum Gasteiger partial charge on any atom is -0.453 e. The fourth-order valence-electron chi connectivity index (χ4n) is 16.3. The number of hydrogen-bond acceptors (Lipinski definition) is 16. The largest absolute Gasteiger partial charge is 0.453 e. The molecule has 8 aromatic rings. The van der Waals surface area contributed by atoms with Crippen molar-refractivity contribution in [2.24, 2.45) is 35.5 Å². The number of nitrogens with zero attached hydrogens (tertiary/aromatic N) is 8. The van der Waals surface area contributed by atoms with Crippen LogP contribution in [-0.4, -0.2) is 173 Å². The van der Waals surface area contributed by atoms with E-state index in [0.717, 1.165) is 105 Å². The number of carbonyl (C=O) groups is 8. The van der Waals surface area contributed by atoms with Crippen molar-refractivity contribution in [3.8, 4) is 67.3 Å². The van der Waals surface area contributed by atoms with Crippen LogP contribution < -0.4 is 21.5 Å². The lowest BCUT2D eigenvalue weighted by atomic mass is 9.68. The van der Waals surface area contributed by atoms with Gasteiger partial charge in [0.05, 0.1) is 94.0 Å². The predicted octanol–water partition coefficient (Wildman–Crippen LogP) is 13.4. The number of hydrogen-bond donors (Lipinski definition) is 8. The van der Waals surface area contributed by atoms with Gasteiger partial charge >= 0.3 is 24.4 Å². The number of ether oxygens (including phenoxy) is 4. The molecular weight excluding hydrogens is 1400 g/mol. The molecule has 2 aliphatic heterocycles. The molecule has 10 atom stereocenters. The number of H-pyrrole nitrogens is 4. The second-order valence-electron chi connectivity index (χ2n) is 30.5. The molecule has 8 N–H and O–H groups in total. The lowest BCUT2D eigenvalue weighted by Crippen LogP contribution is -2.54. The van der Waals surface area contributed by atoms with Gasteiger partial charge in [-0.15, -0.1) is 0 Å². The third kappa shape index (κ3) is 17.2. The third-order valence-corrected chi connectivity index (χ3v) is 22.4. The number of alkyl carbamates (subject to hydrolysis) is 2. The third-order valence-electron chi connectivity index (χ3n) is 22.4. The standard InChI is InChI=1S/C82H102N16O12/c1-45(2)69(91-79(103)107-9)77(101)95-37-15-18-67(95)73-85-42-65(89-73)55-31-23-51(24-32-55)50-21-29-54(30-22-50)64-41-84-72(88-64)60-36-35-57(38-62(60)76(100)98(48(7)8)94-82(106)110-12)58-39-68(96(44-58)78(102)70(46(3)4)92-80(104)108-10)74-86-43-66(90-74)56-33-25-52(26-34-56)49-19-27-53(28-20-49)63-40-83-71(87-63)59-16-13-14-17-61(59)75(99)97(47(5)6)93-81(105)109-11/h19-34,40-43,45-48,57-62,67-70H,13-18,35-39,44H2,1-12H3,(H,83,87)(H,84,88)(H,85,89)(H,86,90)(H,91,103)(H,92,104)(H,93,105)(H,94,106)/t57?,58?,59-,60+,61+,62-,67-,68-,69-,70-/m0/s1.